The molecule has 0 bridgehead atoms. The summed E-state index contributed by atoms with van der Waals surface area (Å²) >= 11 is 0. The number of aromatic amines is 1. The molecule has 0 aliphatic rings. The molecule has 3 aromatic rings. The molecule has 0 saturated heterocycles. The molecule has 0 saturated carbocycles. The SMILES string of the molecule is CCCN(C(=O)c1cccc(F)c1)c1c(N)n(Cc2ccccc2)c(=O)[nH]c1=O. The summed E-state index contributed by atoms with van der Waals surface area (Å²) in [6, 6.07) is 14.3. The van der Waals surface area contributed by atoms with Crippen LogP contribution in [0.5, 0.6) is 0 Å². The summed E-state index contributed by atoms with van der Waals surface area (Å²) in [5.74, 6) is -1.27. The Kier molecular flexibility index (Phi) is 5.92. The first-order valence-electron chi connectivity index (χ1n) is 9.16. The Labute approximate surface area is 166 Å². The zero-order valence-corrected chi connectivity index (χ0v) is 15.9. The quantitative estimate of drug-likeness (QED) is 0.668. The standard InChI is InChI=1S/C21H21FN4O3/c1-2-11-25(20(28)15-9-6-10-16(22)12-15)17-18(23)26(21(29)24-19(17)27)13-14-7-4-3-5-8-14/h3-10,12H,2,11,13,23H2,1H3,(H,24,27,29). The number of aromatic nitrogens is 2. The minimum Gasteiger partial charge on any atom is -0.383 e. The lowest BCUT2D eigenvalue weighted by molar-refractivity contribution is 0.0986. The number of carbonyl (C=O) groups is 1. The van der Waals surface area contributed by atoms with Crippen LogP contribution in [-0.4, -0.2) is 22.0 Å². The second kappa shape index (κ2) is 8.55. The van der Waals surface area contributed by atoms with Gasteiger partial charge in [-0.25, -0.2) is 9.18 Å². The van der Waals surface area contributed by atoms with Gasteiger partial charge in [0.1, 0.15) is 11.6 Å². The Morgan fingerprint density at radius 3 is 2.52 bits per heavy atom. The highest BCUT2D eigenvalue weighted by Crippen LogP contribution is 2.21. The summed E-state index contributed by atoms with van der Waals surface area (Å²) in [5.41, 5.74) is 5.50. The molecule has 8 heteroatoms. The Balaban J connectivity index is 2.11. The van der Waals surface area contributed by atoms with E-state index >= 15 is 0 Å². The maximum Gasteiger partial charge on any atom is 0.330 e. The molecular formula is C21H21FN4O3. The van der Waals surface area contributed by atoms with Gasteiger partial charge in [0.25, 0.3) is 11.5 Å². The molecule has 0 aliphatic carbocycles. The summed E-state index contributed by atoms with van der Waals surface area (Å²) in [4.78, 5) is 41.3. The molecule has 1 aromatic heterocycles. The number of halogens is 1. The van der Waals surface area contributed by atoms with Gasteiger partial charge in [0, 0.05) is 12.1 Å². The Hall–Kier alpha value is -3.68. The highest BCUT2D eigenvalue weighted by Gasteiger charge is 2.25. The van der Waals surface area contributed by atoms with Crippen LogP contribution in [0.3, 0.4) is 0 Å². The molecule has 1 heterocycles. The summed E-state index contributed by atoms with van der Waals surface area (Å²) in [6.07, 6.45) is 0.526. The number of nitrogens with two attached hydrogens (primary N) is 1. The van der Waals surface area contributed by atoms with Crippen LogP contribution in [0.25, 0.3) is 0 Å². The van der Waals surface area contributed by atoms with Gasteiger partial charge in [0.2, 0.25) is 0 Å². The van der Waals surface area contributed by atoms with E-state index in [1.165, 1.54) is 27.7 Å². The molecule has 1 amide bonds. The van der Waals surface area contributed by atoms with Crippen molar-refractivity contribution in [1.82, 2.24) is 9.55 Å². The molecule has 0 fully saturated rings. The second-order valence-corrected chi connectivity index (χ2v) is 6.53. The first-order chi connectivity index (χ1) is 13.9. The second-order valence-electron chi connectivity index (χ2n) is 6.53. The molecule has 0 unspecified atom stereocenters. The smallest absolute Gasteiger partial charge is 0.330 e. The highest BCUT2D eigenvalue weighted by molar-refractivity contribution is 6.07. The first kappa shape index (κ1) is 20.1. The van der Waals surface area contributed by atoms with Crippen molar-refractivity contribution in [3.8, 4) is 0 Å². The number of hydrogen-bond acceptors (Lipinski definition) is 4. The number of nitrogen functional groups attached to an aromatic ring is 1. The zero-order valence-electron chi connectivity index (χ0n) is 15.9. The number of anilines is 2. The zero-order chi connectivity index (χ0) is 21.0. The average Bonchev–Trinajstić information content (AvgIpc) is 2.70. The Morgan fingerprint density at radius 1 is 1.14 bits per heavy atom. The van der Waals surface area contributed by atoms with E-state index in [9.17, 15) is 18.8 Å². The van der Waals surface area contributed by atoms with Gasteiger partial charge in [-0.3, -0.25) is 19.1 Å². The van der Waals surface area contributed by atoms with Gasteiger partial charge in [-0.15, -0.1) is 0 Å². The van der Waals surface area contributed by atoms with E-state index in [0.717, 1.165) is 11.6 Å². The van der Waals surface area contributed by atoms with Gasteiger partial charge >= 0.3 is 5.69 Å². The maximum atomic E-state index is 13.6. The van der Waals surface area contributed by atoms with Gasteiger partial charge in [0.15, 0.2) is 5.69 Å². The molecule has 0 aliphatic heterocycles. The van der Waals surface area contributed by atoms with Crippen molar-refractivity contribution in [2.75, 3.05) is 17.2 Å². The summed E-state index contributed by atoms with van der Waals surface area (Å²) in [6.45, 7) is 2.13. The molecule has 150 valence electrons. The number of hydrogen-bond donors (Lipinski definition) is 2. The van der Waals surface area contributed by atoms with E-state index in [-0.39, 0.29) is 30.2 Å². The van der Waals surface area contributed by atoms with E-state index in [1.807, 2.05) is 37.3 Å². The van der Waals surface area contributed by atoms with E-state index < -0.39 is 23.0 Å². The van der Waals surface area contributed by atoms with Crippen LogP contribution in [0.2, 0.25) is 0 Å². The van der Waals surface area contributed by atoms with E-state index in [2.05, 4.69) is 4.98 Å². The topological polar surface area (TPSA) is 101 Å². The minimum atomic E-state index is -0.769. The minimum absolute atomic E-state index is 0.0815. The average molecular weight is 396 g/mol. The number of nitrogens with zero attached hydrogens (tertiary/aromatic N) is 2. The molecule has 0 spiro atoms. The molecular weight excluding hydrogens is 375 g/mol. The highest BCUT2D eigenvalue weighted by atomic mass is 19.1. The number of H-pyrrole nitrogens is 1. The fourth-order valence-electron chi connectivity index (χ4n) is 3.08. The van der Waals surface area contributed by atoms with Gasteiger partial charge in [0.05, 0.1) is 6.54 Å². The van der Waals surface area contributed by atoms with Crippen LogP contribution in [0.4, 0.5) is 15.9 Å². The molecule has 7 nitrogen and oxygen atoms in total. The molecule has 29 heavy (non-hydrogen) atoms. The molecule has 2 aromatic carbocycles. The Bertz CT molecular complexity index is 1140. The number of carbonyl (C=O) groups excluding carboxylic acids is 1. The van der Waals surface area contributed by atoms with Crippen molar-refractivity contribution in [3.05, 3.63) is 92.4 Å². The van der Waals surface area contributed by atoms with Gasteiger partial charge in [-0.2, -0.15) is 0 Å². The van der Waals surface area contributed by atoms with Crippen LogP contribution in [0.15, 0.2) is 64.2 Å². The number of amides is 1. The predicted octanol–water partition coefficient (Wildman–Crippen LogP) is 2.36. The number of nitrogens with one attached hydrogen (secondary N) is 1. The van der Waals surface area contributed by atoms with Crippen molar-refractivity contribution in [3.63, 3.8) is 0 Å². The van der Waals surface area contributed by atoms with Crippen LogP contribution in [-0.2, 0) is 6.54 Å². The van der Waals surface area contributed by atoms with Crippen molar-refractivity contribution in [2.45, 2.75) is 19.9 Å². The largest absolute Gasteiger partial charge is 0.383 e. The number of benzene rings is 2. The fourth-order valence-corrected chi connectivity index (χ4v) is 3.08. The lowest BCUT2D eigenvalue weighted by Gasteiger charge is -2.24. The monoisotopic (exact) mass is 396 g/mol. The van der Waals surface area contributed by atoms with Crippen LogP contribution < -0.4 is 21.9 Å². The van der Waals surface area contributed by atoms with Gasteiger partial charge in [-0.05, 0) is 30.2 Å². The number of rotatable bonds is 6. The Morgan fingerprint density at radius 2 is 1.86 bits per heavy atom. The van der Waals surface area contributed by atoms with E-state index in [1.54, 1.807) is 0 Å². The summed E-state index contributed by atoms with van der Waals surface area (Å²) in [7, 11) is 0. The van der Waals surface area contributed by atoms with Crippen LogP contribution >= 0.6 is 0 Å². The van der Waals surface area contributed by atoms with Crippen molar-refractivity contribution in [2.24, 2.45) is 0 Å². The third-order valence-electron chi connectivity index (χ3n) is 4.43. The van der Waals surface area contributed by atoms with Crippen LogP contribution in [0, 0.1) is 5.82 Å². The van der Waals surface area contributed by atoms with Crippen molar-refractivity contribution < 1.29 is 9.18 Å². The molecule has 3 rings (SSSR count). The molecule has 0 radical (unpaired) electrons. The fraction of sp³-hybridized carbons (Fsp3) is 0.190. The molecule has 3 N–H and O–H groups in total. The normalized spacial score (nSPS) is 10.7. The summed E-state index contributed by atoms with van der Waals surface area (Å²) < 4.78 is 14.8. The maximum absolute atomic E-state index is 13.6. The third-order valence-corrected chi connectivity index (χ3v) is 4.43. The van der Waals surface area contributed by atoms with E-state index in [0.29, 0.717) is 6.42 Å². The van der Waals surface area contributed by atoms with Crippen molar-refractivity contribution >= 4 is 17.4 Å². The predicted molar refractivity (Wildman–Crippen MR) is 110 cm³/mol. The van der Waals surface area contributed by atoms with Crippen molar-refractivity contribution in [1.29, 1.82) is 0 Å². The third kappa shape index (κ3) is 4.26. The lowest BCUT2D eigenvalue weighted by Crippen LogP contribution is -2.41. The lowest BCUT2D eigenvalue weighted by atomic mass is 10.1. The van der Waals surface area contributed by atoms with Gasteiger partial charge in [-0.1, -0.05) is 43.3 Å². The van der Waals surface area contributed by atoms with E-state index in [4.69, 9.17) is 5.73 Å². The molecule has 0 atom stereocenters. The van der Waals surface area contributed by atoms with Gasteiger partial charge < -0.3 is 10.6 Å². The first-order valence-corrected chi connectivity index (χ1v) is 9.16. The summed E-state index contributed by atoms with van der Waals surface area (Å²) in [5, 5.41) is 0. The van der Waals surface area contributed by atoms with Crippen LogP contribution in [0.1, 0.15) is 29.3 Å².